The fraction of sp³-hybridized carbons (Fsp3) is 0.647. The highest BCUT2D eigenvalue weighted by Crippen LogP contribution is 2.32. The van der Waals surface area contributed by atoms with E-state index in [0.717, 1.165) is 30.9 Å². The number of nitrogens with zero attached hydrogens (tertiary/aromatic N) is 1. The second-order valence-electron chi connectivity index (χ2n) is 5.84. The number of methoxy groups -OCH3 is 1. The van der Waals surface area contributed by atoms with E-state index in [9.17, 15) is 5.11 Å². The molecule has 1 aromatic rings. The molecule has 2 atom stereocenters. The van der Waals surface area contributed by atoms with E-state index < -0.39 is 0 Å². The number of piperidine rings is 1. The van der Waals surface area contributed by atoms with Crippen LogP contribution in [0.5, 0.6) is 11.5 Å². The Morgan fingerprint density at radius 3 is 2.86 bits per heavy atom. The van der Waals surface area contributed by atoms with Crippen LogP contribution in [-0.4, -0.2) is 42.8 Å². The normalized spacial score (nSPS) is 20.5. The molecular weight excluding hydrogens is 264 g/mol. The number of nitrogens with one attached hydrogen (secondary N) is 1. The van der Waals surface area contributed by atoms with Crippen molar-refractivity contribution in [1.82, 2.24) is 10.2 Å². The van der Waals surface area contributed by atoms with Gasteiger partial charge in [0.1, 0.15) is 11.5 Å². The predicted octanol–water partition coefficient (Wildman–Crippen LogP) is 2.93. The van der Waals surface area contributed by atoms with E-state index in [1.54, 1.807) is 19.2 Å². The lowest BCUT2D eigenvalue weighted by atomic mass is 10.0. The average Bonchev–Trinajstić information content (AvgIpc) is 2.53. The van der Waals surface area contributed by atoms with E-state index >= 15 is 0 Å². The van der Waals surface area contributed by atoms with Gasteiger partial charge in [0.25, 0.3) is 0 Å². The zero-order chi connectivity index (χ0) is 15.2. The van der Waals surface area contributed by atoms with Gasteiger partial charge in [0.05, 0.1) is 7.11 Å². The molecule has 0 saturated carbocycles. The summed E-state index contributed by atoms with van der Waals surface area (Å²) in [6, 6.07) is 6.20. The van der Waals surface area contributed by atoms with E-state index in [2.05, 4.69) is 24.1 Å². The average molecular weight is 292 g/mol. The first-order valence-electron chi connectivity index (χ1n) is 8.00. The topological polar surface area (TPSA) is 44.7 Å². The number of likely N-dealkylation sites (N-methyl/N-ethyl adjacent to an activating group) is 1. The molecule has 4 nitrogen and oxygen atoms in total. The van der Waals surface area contributed by atoms with Crippen LogP contribution < -0.4 is 10.1 Å². The minimum atomic E-state index is 0.175. The van der Waals surface area contributed by atoms with Crippen LogP contribution in [0.25, 0.3) is 0 Å². The molecule has 118 valence electrons. The summed E-state index contributed by atoms with van der Waals surface area (Å²) < 4.78 is 5.28. The van der Waals surface area contributed by atoms with Crippen molar-refractivity contribution in [1.29, 1.82) is 0 Å². The third kappa shape index (κ3) is 4.11. The maximum Gasteiger partial charge on any atom is 0.120 e. The van der Waals surface area contributed by atoms with Crippen molar-refractivity contribution in [2.75, 3.05) is 26.7 Å². The van der Waals surface area contributed by atoms with Gasteiger partial charge in [-0.05, 0) is 51.1 Å². The quantitative estimate of drug-likeness (QED) is 0.846. The van der Waals surface area contributed by atoms with Gasteiger partial charge in [-0.2, -0.15) is 0 Å². The summed E-state index contributed by atoms with van der Waals surface area (Å²) in [5.74, 6) is 1.14. The van der Waals surface area contributed by atoms with E-state index in [4.69, 9.17) is 4.74 Å². The molecule has 1 heterocycles. The maximum atomic E-state index is 10.2. The zero-order valence-corrected chi connectivity index (χ0v) is 13.4. The van der Waals surface area contributed by atoms with Crippen molar-refractivity contribution >= 4 is 0 Å². The molecule has 1 aliphatic heterocycles. The Kier molecular flexibility index (Phi) is 5.88. The largest absolute Gasteiger partial charge is 0.508 e. The number of benzene rings is 1. The van der Waals surface area contributed by atoms with Crippen LogP contribution in [0.1, 0.15) is 44.7 Å². The maximum absolute atomic E-state index is 10.2. The standard InChI is InChI=1S/C17H28N2O2/c1-4-19(12-14-7-5-6-10-18-14)13(2)16-11-15(21-3)8-9-17(16)20/h8-9,11,13-14,18,20H,4-7,10,12H2,1-3H3. The van der Waals surface area contributed by atoms with Gasteiger partial charge in [0, 0.05) is 24.2 Å². The fourth-order valence-corrected chi connectivity index (χ4v) is 3.11. The molecule has 0 spiro atoms. The third-order valence-corrected chi connectivity index (χ3v) is 4.51. The van der Waals surface area contributed by atoms with Gasteiger partial charge >= 0.3 is 0 Å². The van der Waals surface area contributed by atoms with Crippen LogP contribution in [0.2, 0.25) is 0 Å². The Labute approximate surface area is 128 Å². The Hall–Kier alpha value is -1.26. The summed E-state index contributed by atoms with van der Waals surface area (Å²) in [5, 5.41) is 13.8. The number of rotatable bonds is 6. The highest BCUT2D eigenvalue weighted by molar-refractivity contribution is 5.41. The van der Waals surface area contributed by atoms with Crippen LogP contribution in [-0.2, 0) is 0 Å². The molecular formula is C17H28N2O2. The molecule has 1 aromatic carbocycles. The summed E-state index contributed by atoms with van der Waals surface area (Å²) in [5.41, 5.74) is 0.937. The van der Waals surface area contributed by atoms with Crippen molar-refractivity contribution in [3.05, 3.63) is 23.8 Å². The van der Waals surface area contributed by atoms with Crippen LogP contribution in [0.4, 0.5) is 0 Å². The second kappa shape index (κ2) is 7.66. The predicted molar refractivity (Wildman–Crippen MR) is 86.0 cm³/mol. The molecule has 2 N–H and O–H groups in total. The Morgan fingerprint density at radius 1 is 1.43 bits per heavy atom. The lowest BCUT2D eigenvalue weighted by Crippen LogP contribution is -2.44. The van der Waals surface area contributed by atoms with Gasteiger partial charge in [-0.1, -0.05) is 13.3 Å². The summed E-state index contributed by atoms with van der Waals surface area (Å²) in [4.78, 5) is 2.41. The number of phenols is 1. The smallest absolute Gasteiger partial charge is 0.120 e. The Balaban J connectivity index is 2.09. The zero-order valence-electron chi connectivity index (χ0n) is 13.4. The minimum Gasteiger partial charge on any atom is -0.508 e. The molecule has 0 aliphatic carbocycles. The van der Waals surface area contributed by atoms with Gasteiger partial charge in [-0.25, -0.2) is 0 Å². The van der Waals surface area contributed by atoms with E-state index in [-0.39, 0.29) is 6.04 Å². The van der Waals surface area contributed by atoms with Gasteiger partial charge in [-0.15, -0.1) is 0 Å². The van der Waals surface area contributed by atoms with E-state index in [1.807, 2.05) is 6.07 Å². The van der Waals surface area contributed by atoms with E-state index in [1.165, 1.54) is 19.3 Å². The molecule has 1 fully saturated rings. The summed E-state index contributed by atoms with van der Waals surface area (Å²) in [7, 11) is 1.66. The number of ether oxygens (including phenoxy) is 1. The summed E-state index contributed by atoms with van der Waals surface area (Å²) in [6.07, 6.45) is 3.84. The van der Waals surface area contributed by atoms with Crippen LogP contribution in [0.15, 0.2) is 18.2 Å². The molecule has 0 amide bonds. The van der Waals surface area contributed by atoms with Crippen LogP contribution >= 0.6 is 0 Å². The SMILES string of the molecule is CCN(CC1CCCCN1)C(C)c1cc(OC)ccc1O. The number of aromatic hydroxyl groups is 1. The first-order chi connectivity index (χ1) is 10.2. The van der Waals surface area contributed by atoms with Gasteiger partial charge in [0.2, 0.25) is 0 Å². The van der Waals surface area contributed by atoms with Crippen molar-refractivity contribution in [3.8, 4) is 11.5 Å². The molecule has 0 aromatic heterocycles. The second-order valence-corrected chi connectivity index (χ2v) is 5.84. The first kappa shape index (κ1) is 16.1. The Bertz CT molecular complexity index is 444. The number of phenolic OH excluding ortho intramolecular Hbond substituents is 1. The molecule has 2 unspecified atom stereocenters. The lowest BCUT2D eigenvalue weighted by Gasteiger charge is -2.34. The van der Waals surface area contributed by atoms with Crippen LogP contribution in [0.3, 0.4) is 0 Å². The molecule has 1 aliphatic rings. The molecule has 21 heavy (non-hydrogen) atoms. The molecule has 4 heteroatoms. The van der Waals surface area contributed by atoms with Crippen molar-refractivity contribution in [3.63, 3.8) is 0 Å². The van der Waals surface area contributed by atoms with Crippen molar-refractivity contribution in [2.24, 2.45) is 0 Å². The van der Waals surface area contributed by atoms with Crippen molar-refractivity contribution < 1.29 is 9.84 Å². The van der Waals surface area contributed by atoms with Crippen LogP contribution in [0, 0.1) is 0 Å². The molecule has 2 rings (SSSR count). The fourth-order valence-electron chi connectivity index (χ4n) is 3.11. The van der Waals surface area contributed by atoms with Crippen molar-refractivity contribution in [2.45, 2.75) is 45.2 Å². The third-order valence-electron chi connectivity index (χ3n) is 4.51. The number of hydrogen-bond donors (Lipinski definition) is 2. The summed E-state index contributed by atoms with van der Waals surface area (Å²) >= 11 is 0. The highest BCUT2D eigenvalue weighted by atomic mass is 16.5. The monoisotopic (exact) mass is 292 g/mol. The first-order valence-corrected chi connectivity index (χ1v) is 8.00. The van der Waals surface area contributed by atoms with Gasteiger partial charge in [-0.3, -0.25) is 4.90 Å². The van der Waals surface area contributed by atoms with E-state index in [0.29, 0.717) is 11.8 Å². The minimum absolute atomic E-state index is 0.175. The Morgan fingerprint density at radius 2 is 2.24 bits per heavy atom. The molecule has 1 saturated heterocycles. The molecule has 0 radical (unpaired) electrons. The van der Waals surface area contributed by atoms with Gasteiger partial charge in [0.15, 0.2) is 0 Å². The van der Waals surface area contributed by atoms with Gasteiger partial charge < -0.3 is 15.2 Å². The lowest BCUT2D eigenvalue weighted by molar-refractivity contribution is 0.182. The number of hydrogen-bond acceptors (Lipinski definition) is 4. The summed E-state index contributed by atoms with van der Waals surface area (Å²) in [6.45, 7) is 7.45. The molecule has 0 bridgehead atoms. The highest BCUT2D eigenvalue weighted by Gasteiger charge is 2.22.